The fourth-order valence-electron chi connectivity index (χ4n) is 0.709. The number of rotatable bonds is 0. The van der Waals surface area contributed by atoms with Gasteiger partial charge in [-0.25, -0.2) is 0 Å². The first-order valence-corrected chi connectivity index (χ1v) is 2.30. The van der Waals surface area contributed by atoms with Crippen LogP contribution in [0.4, 0.5) is 0 Å². The van der Waals surface area contributed by atoms with Gasteiger partial charge in [0.25, 0.3) is 0 Å². The first-order valence-electron chi connectivity index (χ1n) is 2.30. The van der Waals surface area contributed by atoms with Crippen LogP contribution in [-0.2, 0) is 0 Å². The highest BCUT2D eigenvalue weighted by atomic mass is 14.8. The van der Waals surface area contributed by atoms with Crippen LogP contribution in [0.1, 0.15) is 12.8 Å². The Kier molecular flexibility index (Phi) is 0.821. The molecule has 0 heterocycles. The SMILES string of the molecule is N[C@H]1C[C@H](N)C1. The van der Waals surface area contributed by atoms with Crippen LogP contribution in [0.2, 0.25) is 0 Å². The molecule has 0 bridgehead atoms. The van der Waals surface area contributed by atoms with E-state index in [1.54, 1.807) is 0 Å². The van der Waals surface area contributed by atoms with Gasteiger partial charge in [-0.3, -0.25) is 0 Å². The molecular weight excluding hydrogens is 76.1 g/mol. The molecule has 4 N–H and O–H groups in total. The Morgan fingerprint density at radius 1 is 1.00 bits per heavy atom. The van der Waals surface area contributed by atoms with Crippen LogP contribution >= 0.6 is 0 Å². The minimum Gasteiger partial charge on any atom is -0.328 e. The Bertz CT molecular complexity index is 41.5. The van der Waals surface area contributed by atoms with E-state index in [1.165, 1.54) is 0 Å². The molecule has 1 saturated carbocycles. The van der Waals surface area contributed by atoms with Crippen LogP contribution in [0.15, 0.2) is 0 Å². The number of hydrogen-bond donors (Lipinski definition) is 2. The van der Waals surface area contributed by atoms with Crippen molar-refractivity contribution < 1.29 is 0 Å². The molecule has 0 aromatic rings. The van der Waals surface area contributed by atoms with Gasteiger partial charge >= 0.3 is 0 Å². The Morgan fingerprint density at radius 3 is 1.33 bits per heavy atom. The summed E-state index contributed by atoms with van der Waals surface area (Å²) in [4.78, 5) is 0. The Hall–Kier alpha value is -0.0800. The number of hydrogen-bond acceptors (Lipinski definition) is 2. The summed E-state index contributed by atoms with van der Waals surface area (Å²) in [5.74, 6) is 0. The highest BCUT2D eigenvalue weighted by Gasteiger charge is 2.20. The molecule has 1 aliphatic rings. The summed E-state index contributed by atoms with van der Waals surface area (Å²) in [5.41, 5.74) is 10.8. The lowest BCUT2D eigenvalue weighted by molar-refractivity contribution is 0.351. The molecule has 0 aromatic heterocycles. The Balaban J connectivity index is 2.11. The maximum Gasteiger partial charge on any atom is 0.00683 e. The summed E-state index contributed by atoms with van der Waals surface area (Å²) in [6.07, 6.45) is 2.06. The molecule has 0 radical (unpaired) electrons. The molecule has 0 amide bonds. The highest BCUT2D eigenvalue weighted by molar-refractivity contribution is 4.84. The lowest BCUT2D eigenvalue weighted by Crippen LogP contribution is -2.45. The predicted octanol–water partition coefficient (Wildman–Crippen LogP) is -0.565. The molecule has 6 heavy (non-hydrogen) atoms. The standard InChI is InChI=1S/C4H10N2/c5-3-1-4(6)2-3/h3-4H,1-2,5-6H2/t3-,4-. The molecule has 1 aliphatic carbocycles. The van der Waals surface area contributed by atoms with Crippen molar-refractivity contribution in [2.45, 2.75) is 24.9 Å². The fraction of sp³-hybridized carbons (Fsp3) is 1.00. The minimum atomic E-state index is 0.417. The number of nitrogens with two attached hydrogens (primary N) is 2. The molecule has 0 aliphatic heterocycles. The van der Waals surface area contributed by atoms with Crippen LogP contribution in [-0.4, -0.2) is 12.1 Å². The topological polar surface area (TPSA) is 52.0 Å². The smallest absolute Gasteiger partial charge is 0.00683 e. The van der Waals surface area contributed by atoms with Gasteiger partial charge in [0.2, 0.25) is 0 Å². The van der Waals surface area contributed by atoms with Gasteiger partial charge in [0, 0.05) is 12.1 Å². The van der Waals surface area contributed by atoms with Gasteiger partial charge in [0.15, 0.2) is 0 Å². The van der Waals surface area contributed by atoms with E-state index in [-0.39, 0.29) is 0 Å². The third-order valence-corrected chi connectivity index (χ3v) is 1.21. The second kappa shape index (κ2) is 1.21. The zero-order chi connectivity index (χ0) is 4.57. The molecule has 0 atom stereocenters. The Labute approximate surface area is 37.5 Å². The molecule has 0 unspecified atom stereocenters. The van der Waals surface area contributed by atoms with Crippen molar-refractivity contribution >= 4 is 0 Å². The summed E-state index contributed by atoms with van der Waals surface area (Å²) in [6, 6.07) is 0.833. The largest absolute Gasteiger partial charge is 0.328 e. The Morgan fingerprint density at radius 2 is 1.33 bits per heavy atom. The molecule has 36 valence electrons. The van der Waals surface area contributed by atoms with Crippen LogP contribution in [0.5, 0.6) is 0 Å². The van der Waals surface area contributed by atoms with Crippen molar-refractivity contribution in [3.63, 3.8) is 0 Å². The average molecular weight is 86.1 g/mol. The van der Waals surface area contributed by atoms with Crippen molar-refractivity contribution in [3.05, 3.63) is 0 Å². The van der Waals surface area contributed by atoms with Crippen LogP contribution in [0.3, 0.4) is 0 Å². The molecule has 0 saturated heterocycles. The highest BCUT2D eigenvalue weighted by Crippen LogP contribution is 2.13. The van der Waals surface area contributed by atoms with E-state index in [9.17, 15) is 0 Å². The zero-order valence-corrected chi connectivity index (χ0v) is 3.72. The van der Waals surface area contributed by atoms with Gasteiger partial charge in [-0.05, 0) is 12.8 Å². The van der Waals surface area contributed by atoms with Crippen LogP contribution in [0.25, 0.3) is 0 Å². The van der Waals surface area contributed by atoms with E-state index in [1.807, 2.05) is 0 Å². The van der Waals surface area contributed by atoms with E-state index >= 15 is 0 Å². The van der Waals surface area contributed by atoms with E-state index < -0.39 is 0 Å². The van der Waals surface area contributed by atoms with Crippen molar-refractivity contribution in [2.24, 2.45) is 11.5 Å². The third-order valence-electron chi connectivity index (χ3n) is 1.21. The summed E-state index contributed by atoms with van der Waals surface area (Å²) in [5, 5.41) is 0. The van der Waals surface area contributed by atoms with E-state index in [0.717, 1.165) is 12.8 Å². The zero-order valence-electron chi connectivity index (χ0n) is 3.72. The van der Waals surface area contributed by atoms with Gasteiger partial charge in [0.1, 0.15) is 0 Å². The van der Waals surface area contributed by atoms with E-state index in [2.05, 4.69) is 0 Å². The van der Waals surface area contributed by atoms with Gasteiger partial charge in [-0.15, -0.1) is 0 Å². The summed E-state index contributed by atoms with van der Waals surface area (Å²) < 4.78 is 0. The van der Waals surface area contributed by atoms with Gasteiger partial charge in [-0.2, -0.15) is 0 Å². The molecule has 1 fully saturated rings. The van der Waals surface area contributed by atoms with Crippen molar-refractivity contribution in [1.82, 2.24) is 0 Å². The minimum absolute atomic E-state index is 0.417. The maximum atomic E-state index is 5.39. The lowest BCUT2D eigenvalue weighted by atomic mass is 9.89. The lowest BCUT2D eigenvalue weighted by Gasteiger charge is -2.28. The first kappa shape index (κ1) is 4.09. The van der Waals surface area contributed by atoms with E-state index in [4.69, 9.17) is 11.5 Å². The molecule has 2 nitrogen and oxygen atoms in total. The molecule has 0 aromatic carbocycles. The van der Waals surface area contributed by atoms with Crippen molar-refractivity contribution in [1.29, 1.82) is 0 Å². The van der Waals surface area contributed by atoms with Crippen molar-refractivity contribution in [2.75, 3.05) is 0 Å². The summed E-state index contributed by atoms with van der Waals surface area (Å²) >= 11 is 0. The van der Waals surface area contributed by atoms with Gasteiger partial charge in [-0.1, -0.05) is 0 Å². The van der Waals surface area contributed by atoms with E-state index in [0.29, 0.717) is 12.1 Å². The fourth-order valence-corrected chi connectivity index (χ4v) is 0.709. The van der Waals surface area contributed by atoms with Gasteiger partial charge < -0.3 is 11.5 Å². The molecule has 2 heteroatoms. The molecular formula is C4H10N2. The normalized spacial score (nSPS) is 45.0. The van der Waals surface area contributed by atoms with Crippen molar-refractivity contribution in [3.8, 4) is 0 Å². The molecule has 1 rings (SSSR count). The van der Waals surface area contributed by atoms with Crippen LogP contribution in [0, 0.1) is 0 Å². The predicted molar refractivity (Wildman–Crippen MR) is 25.2 cm³/mol. The maximum absolute atomic E-state index is 5.39. The summed E-state index contributed by atoms with van der Waals surface area (Å²) in [6.45, 7) is 0. The second-order valence-corrected chi connectivity index (χ2v) is 1.99. The van der Waals surface area contributed by atoms with Gasteiger partial charge in [0.05, 0.1) is 0 Å². The molecule has 0 spiro atoms. The quantitative estimate of drug-likeness (QED) is 0.415. The second-order valence-electron chi connectivity index (χ2n) is 1.99. The van der Waals surface area contributed by atoms with Crippen LogP contribution < -0.4 is 11.5 Å². The monoisotopic (exact) mass is 86.1 g/mol. The first-order chi connectivity index (χ1) is 2.79. The third kappa shape index (κ3) is 0.533. The summed E-state index contributed by atoms with van der Waals surface area (Å²) in [7, 11) is 0. The average Bonchev–Trinajstić information content (AvgIpc) is 1.33.